The van der Waals surface area contributed by atoms with Crippen molar-refractivity contribution in [2.75, 3.05) is 13.7 Å². The molecule has 5 nitrogen and oxygen atoms in total. The number of nitrogens with one attached hydrogen (secondary N) is 1. The van der Waals surface area contributed by atoms with E-state index in [0.717, 1.165) is 36.0 Å². The van der Waals surface area contributed by atoms with Gasteiger partial charge >= 0.3 is 0 Å². The van der Waals surface area contributed by atoms with Crippen molar-refractivity contribution in [3.05, 3.63) is 47.2 Å². The molecular weight excluding hydrogens is 334 g/mol. The van der Waals surface area contributed by atoms with E-state index in [0.29, 0.717) is 12.3 Å². The number of fused-ring (bicyclic) bond motifs is 1. The average molecular weight is 355 g/mol. The number of carbonyl (C=O) groups is 1. The van der Waals surface area contributed by atoms with Gasteiger partial charge in [0.1, 0.15) is 0 Å². The molecule has 0 fully saturated rings. The molecule has 0 saturated heterocycles. The Labute approximate surface area is 152 Å². The van der Waals surface area contributed by atoms with E-state index in [1.54, 1.807) is 13.3 Å². The lowest BCUT2D eigenvalue weighted by Crippen LogP contribution is -2.33. The van der Waals surface area contributed by atoms with Gasteiger partial charge in [-0.3, -0.25) is 4.79 Å². The Balaban J connectivity index is 1.98. The zero-order chi connectivity index (χ0) is 17.8. The van der Waals surface area contributed by atoms with Crippen molar-refractivity contribution in [1.82, 2.24) is 10.3 Å². The topological polar surface area (TPSA) is 77.2 Å². The van der Waals surface area contributed by atoms with E-state index in [1.807, 2.05) is 12.1 Å². The fraction of sp³-hybridized carbons (Fsp3) is 0.316. The van der Waals surface area contributed by atoms with Crippen molar-refractivity contribution >= 4 is 23.1 Å². The van der Waals surface area contributed by atoms with E-state index in [4.69, 9.17) is 22.7 Å². The van der Waals surface area contributed by atoms with Crippen molar-refractivity contribution in [2.24, 2.45) is 5.73 Å². The van der Waals surface area contributed by atoms with Crippen LogP contribution in [0.25, 0.3) is 11.1 Å². The largest absolute Gasteiger partial charge is 0.481 e. The molecule has 0 atom stereocenters. The summed E-state index contributed by atoms with van der Waals surface area (Å²) in [6, 6.07) is 8.10. The summed E-state index contributed by atoms with van der Waals surface area (Å²) in [7, 11) is 1.60. The Morgan fingerprint density at radius 1 is 1.36 bits per heavy atom. The minimum atomic E-state index is -0.0737. The number of hydrogen-bond acceptors (Lipinski definition) is 4. The van der Waals surface area contributed by atoms with Gasteiger partial charge in [-0.1, -0.05) is 24.4 Å². The second-order valence-electron chi connectivity index (χ2n) is 6.09. The average Bonchev–Trinajstić information content (AvgIpc) is 3.09. The molecule has 1 heterocycles. The first-order chi connectivity index (χ1) is 12.1. The highest BCUT2D eigenvalue weighted by atomic mass is 32.1. The normalized spacial score (nSPS) is 12.5. The van der Waals surface area contributed by atoms with Gasteiger partial charge in [-0.05, 0) is 53.1 Å². The predicted octanol–water partition coefficient (Wildman–Crippen LogP) is 2.19. The first-order valence-electron chi connectivity index (χ1n) is 8.27. The fourth-order valence-corrected chi connectivity index (χ4v) is 3.38. The van der Waals surface area contributed by atoms with Gasteiger partial charge in [0.25, 0.3) is 0 Å². The third-order valence-electron chi connectivity index (χ3n) is 4.45. The van der Waals surface area contributed by atoms with Gasteiger partial charge in [-0.25, -0.2) is 4.98 Å². The van der Waals surface area contributed by atoms with Crippen LogP contribution >= 0.6 is 12.2 Å². The highest BCUT2D eigenvalue weighted by Gasteiger charge is 2.20. The van der Waals surface area contributed by atoms with Crippen molar-refractivity contribution in [2.45, 2.75) is 25.7 Å². The van der Waals surface area contributed by atoms with E-state index in [-0.39, 0.29) is 17.4 Å². The molecule has 6 heteroatoms. The molecule has 1 aromatic heterocycles. The number of pyridine rings is 1. The Hall–Kier alpha value is -2.47. The number of methoxy groups -OCH3 is 1. The number of carbonyl (C=O) groups excluding carboxylic acids is 1. The number of amides is 1. The van der Waals surface area contributed by atoms with Gasteiger partial charge < -0.3 is 15.8 Å². The van der Waals surface area contributed by atoms with Crippen LogP contribution in [-0.2, 0) is 24.1 Å². The molecule has 3 rings (SSSR count). The third-order valence-corrected chi connectivity index (χ3v) is 4.60. The maximum absolute atomic E-state index is 12.4. The second-order valence-corrected chi connectivity index (χ2v) is 6.61. The number of aromatic nitrogens is 1. The van der Waals surface area contributed by atoms with E-state index in [1.165, 1.54) is 11.1 Å². The lowest BCUT2D eigenvalue weighted by molar-refractivity contribution is -0.120. The maximum Gasteiger partial charge on any atom is 0.224 e. The van der Waals surface area contributed by atoms with Gasteiger partial charge in [-0.2, -0.15) is 0 Å². The molecule has 0 unspecified atom stereocenters. The molecule has 1 aliphatic rings. The Morgan fingerprint density at radius 2 is 2.20 bits per heavy atom. The Kier molecular flexibility index (Phi) is 5.28. The molecule has 0 spiro atoms. The molecular formula is C19H21N3O2S. The first kappa shape index (κ1) is 17.4. The summed E-state index contributed by atoms with van der Waals surface area (Å²) >= 11 is 4.83. The summed E-state index contributed by atoms with van der Waals surface area (Å²) in [5, 5.41) is 2.78. The minimum Gasteiger partial charge on any atom is -0.481 e. The SMILES string of the molecule is COc1cc(-c2ccc3c(c2CC(=O)NCC(N)=S)CCC3)ccn1. The van der Waals surface area contributed by atoms with Crippen LogP contribution in [0.3, 0.4) is 0 Å². The second kappa shape index (κ2) is 7.61. The first-order valence-corrected chi connectivity index (χ1v) is 8.68. The summed E-state index contributed by atoms with van der Waals surface area (Å²) in [5.74, 6) is 0.484. The van der Waals surface area contributed by atoms with Crippen LogP contribution in [0.1, 0.15) is 23.1 Å². The van der Waals surface area contributed by atoms with Crippen LogP contribution in [-0.4, -0.2) is 29.5 Å². The predicted molar refractivity (Wildman–Crippen MR) is 102 cm³/mol. The smallest absolute Gasteiger partial charge is 0.224 e. The molecule has 0 aliphatic heterocycles. The molecule has 1 aromatic carbocycles. The monoisotopic (exact) mass is 355 g/mol. The quantitative estimate of drug-likeness (QED) is 0.777. The van der Waals surface area contributed by atoms with Gasteiger partial charge in [0, 0.05) is 12.3 Å². The van der Waals surface area contributed by atoms with E-state index in [9.17, 15) is 4.79 Å². The fourth-order valence-electron chi connectivity index (χ4n) is 3.31. The lowest BCUT2D eigenvalue weighted by Gasteiger charge is -2.15. The van der Waals surface area contributed by atoms with Crippen LogP contribution in [0.2, 0.25) is 0 Å². The molecule has 3 N–H and O–H groups in total. The third kappa shape index (κ3) is 3.96. The van der Waals surface area contributed by atoms with Crippen LogP contribution in [0.4, 0.5) is 0 Å². The summed E-state index contributed by atoms with van der Waals surface area (Å²) < 4.78 is 5.24. The molecule has 0 radical (unpaired) electrons. The number of nitrogens with two attached hydrogens (primary N) is 1. The van der Waals surface area contributed by atoms with Crippen molar-refractivity contribution in [3.63, 3.8) is 0 Å². The summed E-state index contributed by atoms with van der Waals surface area (Å²) in [4.78, 5) is 16.8. The zero-order valence-electron chi connectivity index (χ0n) is 14.2. The van der Waals surface area contributed by atoms with E-state index < -0.39 is 0 Å². The zero-order valence-corrected chi connectivity index (χ0v) is 15.0. The minimum absolute atomic E-state index is 0.0737. The molecule has 25 heavy (non-hydrogen) atoms. The van der Waals surface area contributed by atoms with Gasteiger partial charge in [-0.15, -0.1) is 0 Å². The highest BCUT2D eigenvalue weighted by molar-refractivity contribution is 7.80. The Morgan fingerprint density at radius 3 is 2.96 bits per heavy atom. The van der Waals surface area contributed by atoms with Crippen molar-refractivity contribution in [1.29, 1.82) is 0 Å². The number of benzene rings is 1. The number of hydrogen-bond donors (Lipinski definition) is 2. The number of rotatable bonds is 6. The molecule has 130 valence electrons. The highest BCUT2D eigenvalue weighted by Crippen LogP contribution is 2.34. The number of nitrogens with zero attached hydrogens (tertiary/aromatic N) is 1. The number of aryl methyl sites for hydroxylation is 1. The number of thiocarbonyl (C=S) groups is 1. The molecule has 1 amide bonds. The molecule has 2 aromatic rings. The standard InChI is InChI=1S/C19H21N3O2S/c1-24-19-9-13(7-8-21-19)15-6-5-12-3-2-4-14(12)16(15)10-18(23)22-11-17(20)25/h5-9H,2-4,10-11H2,1H3,(H2,20,25)(H,22,23). The molecule has 1 aliphatic carbocycles. The Bertz CT molecular complexity index is 820. The number of ether oxygens (including phenoxy) is 1. The van der Waals surface area contributed by atoms with Gasteiger partial charge in [0.15, 0.2) is 0 Å². The van der Waals surface area contributed by atoms with E-state index in [2.05, 4.69) is 22.4 Å². The van der Waals surface area contributed by atoms with Gasteiger partial charge in [0.2, 0.25) is 11.8 Å². The maximum atomic E-state index is 12.4. The van der Waals surface area contributed by atoms with Crippen molar-refractivity contribution < 1.29 is 9.53 Å². The van der Waals surface area contributed by atoms with Crippen LogP contribution in [0.5, 0.6) is 5.88 Å². The molecule has 0 bridgehead atoms. The lowest BCUT2D eigenvalue weighted by atomic mass is 9.91. The summed E-state index contributed by atoms with van der Waals surface area (Å²) in [6.07, 6.45) is 5.23. The van der Waals surface area contributed by atoms with Crippen LogP contribution in [0, 0.1) is 0 Å². The summed E-state index contributed by atoms with van der Waals surface area (Å²) in [5.41, 5.74) is 11.2. The van der Waals surface area contributed by atoms with E-state index >= 15 is 0 Å². The van der Waals surface area contributed by atoms with Crippen LogP contribution in [0.15, 0.2) is 30.5 Å². The van der Waals surface area contributed by atoms with Crippen molar-refractivity contribution in [3.8, 4) is 17.0 Å². The van der Waals surface area contributed by atoms with Gasteiger partial charge in [0.05, 0.1) is 25.1 Å². The molecule has 0 saturated carbocycles. The summed E-state index contributed by atoms with van der Waals surface area (Å²) in [6.45, 7) is 0.224. The van der Waals surface area contributed by atoms with Crippen LogP contribution < -0.4 is 15.8 Å².